The van der Waals surface area contributed by atoms with Gasteiger partial charge in [0, 0.05) is 19.3 Å². The van der Waals surface area contributed by atoms with Crippen LogP contribution >= 0.6 is 15.9 Å². The highest BCUT2D eigenvalue weighted by Crippen LogP contribution is 2.08. The molecule has 5 nitrogen and oxygen atoms in total. The van der Waals surface area contributed by atoms with Gasteiger partial charge in [0.2, 0.25) is 5.91 Å². The molecule has 0 radical (unpaired) electrons. The minimum absolute atomic E-state index is 0.0801. The van der Waals surface area contributed by atoms with E-state index in [-0.39, 0.29) is 11.8 Å². The molecule has 0 aromatic carbocycles. The van der Waals surface area contributed by atoms with Crippen molar-refractivity contribution in [1.82, 2.24) is 20.0 Å². The molecule has 0 unspecified atom stereocenters. The van der Waals surface area contributed by atoms with Gasteiger partial charge in [0.1, 0.15) is 0 Å². The number of hydrogen-bond donors (Lipinski definition) is 1. The van der Waals surface area contributed by atoms with Crippen molar-refractivity contribution in [3.63, 3.8) is 0 Å². The van der Waals surface area contributed by atoms with Gasteiger partial charge in [0.05, 0.1) is 23.1 Å². The molecule has 0 aliphatic heterocycles. The van der Waals surface area contributed by atoms with Gasteiger partial charge >= 0.3 is 0 Å². The normalized spacial score (nSPS) is 12.7. The summed E-state index contributed by atoms with van der Waals surface area (Å²) >= 11 is 3.34. The Morgan fingerprint density at radius 2 is 2.21 bits per heavy atom. The quantitative estimate of drug-likeness (QED) is 0.789. The number of rotatable bonds is 8. The molecule has 1 amide bonds. The Morgan fingerprint density at radius 1 is 1.53 bits per heavy atom. The van der Waals surface area contributed by atoms with Crippen molar-refractivity contribution in [3.8, 4) is 0 Å². The van der Waals surface area contributed by atoms with E-state index in [4.69, 9.17) is 0 Å². The molecule has 0 saturated heterocycles. The van der Waals surface area contributed by atoms with Gasteiger partial charge in [0.15, 0.2) is 0 Å². The van der Waals surface area contributed by atoms with Crippen LogP contribution in [0.4, 0.5) is 0 Å². The van der Waals surface area contributed by atoms with Crippen molar-refractivity contribution in [2.45, 2.75) is 27.3 Å². The summed E-state index contributed by atoms with van der Waals surface area (Å²) in [7, 11) is 0. The molecule has 108 valence electrons. The lowest BCUT2D eigenvalue weighted by atomic mass is 10.1. The number of likely N-dealkylation sites (N-methyl/N-ethyl adjacent to an activating group) is 1. The van der Waals surface area contributed by atoms with Crippen molar-refractivity contribution >= 4 is 21.8 Å². The third-order valence-electron chi connectivity index (χ3n) is 3.13. The van der Waals surface area contributed by atoms with E-state index in [0.717, 1.165) is 24.1 Å². The number of hydrogen-bond acceptors (Lipinski definition) is 3. The van der Waals surface area contributed by atoms with Gasteiger partial charge in [-0.25, -0.2) is 0 Å². The van der Waals surface area contributed by atoms with Crippen LogP contribution in [0.2, 0.25) is 0 Å². The highest BCUT2D eigenvalue weighted by atomic mass is 79.9. The SMILES string of the molecule is CCN(CC)CCNC(=O)[C@H](C)Cn1cc(Br)cn1. The van der Waals surface area contributed by atoms with Crippen molar-refractivity contribution in [2.24, 2.45) is 5.92 Å². The molecule has 6 heteroatoms. The van der Waals surface area contributed by atoms with Gasteiger partial charge in [-0.1, -0.05) is 20.8 Å². The van der Waals surface area contributed by atoms with Crippen LogP contribution in [0.5, 0.6) is 0 Å². The topological polar surface area (TPSA) is 50.2 Å². The summed E-state index contributed by atoms with van der Waals surface area (Å²) in [6.45, 7) is 10.4. The zero-order chi connectivity index (χ0) is 14.3. The minimum Gasteiger partial charge on any atom is -0.355 e. The zero-order valence-electron chi connectivity index (χ0n) is 11.9. The summed E-state index contributed by atoms with van der Waals surface area (Å²) in [5.74, 6) is 0.00211. The number of nitrogens with zero attached hydrogens (tertiary/aromatic N) is 3. The Labute approximate surface area is 123 Å². The third-order valence-corrected chi connectivity index (χ3v) is 3.54. The summed E-state index contributed by atoms with van der Waals surface area (Å²) in [6.07, 6.45) is 3.60. The van der Waals surface area contributed by atoms with Crippen LogP contribution in [0.25, 0.3) is 0 Å². The second-order valence-electron chi connectivity index (χ2n) is 4.60. The number of amides is 1. The molecule has 1 rings (SSSR count). The molecule has 1 aromatic rings. The molecule has 1 N–H and O–H groups in total. The first kappa shape index (κ1) is 16.2. The van der Waals surface area contributed by atoms with Gasteiger partial charge in [-0.2, -0.15) is 5.10 Å². The number of nitrogens with one attached hydrogen (secondary N) is 1. The Hall–Kier alpha value is -0.880. The van der Waals surface area contributed by atoms with Crippen molar-refractivity contribution in [2.75, 3.05) is 26.2 Å². The highest BCUT2D eigenvalue weighted by Gasteiger charge is 2.13. The van der Waals surface area contributed by atoms with E-state index < -0.39 is 0 Å². The second kappa shape index (κ2) is 8.32. The fraction of sp³-hybridized carbons (Fsp3) is 0.692. The van der Waals surface area contributed by atoms with Crippen LogP contribution in [0.1, 0.15) is 20.8 Å². The molecule has 0 aliphatic carbocycles. The van der Waals surface area contributed by atoms with Crippen LogP contribution in [0.3, 0.4) is 0 Å². The molecule has 0 aliphatic rings. The fourth-order valence-corrected chi connectivity index (χ4v) is 2.18. The third kappa shape index (κ3) is 5.74. The molecule has 0 bridgehead atoms. The maximum absolute atomic E-state index is 11.9. The molecule has 1 aromatic heterocycles. The Bertz CT molecular complexity index is 390. The van der Waals surface area contributed by atoms with E-state index >= 15 is 0 Å². The van der Waals surface area contributed by atoms with Gasteiger partial charge in [-0.3, -0.25) is 9.48 Å². The maximum atomic E-state index is 11.9. The van der Waals surface area contributed by atoms with Gasteiger partial charge in [0.25, 0.3) is 0 Å². The molecule has 1 atom stereocenters. The van der Waals surface area contributed by atoms with E-state index in [1.807, 2.05) is 13.1 Å². The number of halogens is 1. The van der Waals surface area contributed by atoms with Crippen molar-refractivity contribution in [3.05, 3.63) is 16.9 Å². The van der Waals surface area contributed by atoms with Crippen LogP contribution in [-0.2, 0) is 11.3 Å². The summed E-state index contributed by atoms with van der Waals surface area (Å²) < 4.78 is 2.71. The predicted octanol–water partition coefficient (Wildman–Crippen LogP) is 1.74. The Balaban J connectivity index is 2.29. The average Bonchev–Trinajstić information content (AvgIpc) is 2.79. The smallest absolute Gasteiger partial charge is 0.224 e. The monoisotopic (exact) mass is 330 g/mol. The van der Waals surface area contributed by atoms with Crippen molar-refractivity contribution < 1.29 is 4.79 Å². The van der Waals surface area contributed by atoms with Crippen LogP contribution in [-0.4, -0.2) is 46.8 Å². The number of carbonyl (C=O) groups excluding carboxylic acids is 1. The lowest BCUT2D eigenvalue weighted by Gasteiger charge is -2.19. The van der Waals surface area contributed by atoms with Gasteiger partial charge in [-0.05, 0) is 29.0 Å². The molecule has 19 heavy (non-hydrogen) atoms. The number of aromatic nitrogens is 2. The van der Waals surface area contributed by atoms with Crippen LogP contribution in [0.15, 0.2) is 16.9 Å². The molecular weight excluding hydrogens is 308 g/mol. The predicted molar refractivity (Wildman–Crippen MR) is 79.9 cm³/mol. The van der Waals surface area contributed by atoms with Crippen LogP contribution in [0, 0.1) is 5.92 Å². The standard InChI is InChI=1S/C13H23BrN4O/c1-4-17(5-2)7-6-15-13(19)11(3)9-18-10-12(14)8-16-18/h8,10-11H,4-7,9H2,1-3H3,(H,15,19)/t11-/m1/s1. The Kier molecular flexibility index (Phi) is 7.09. The lowest BCUT2D eigenvalue weighted by Crippen LogP contribution is -2.38. The van der Waals surface area contributed by atoms with E-state index in [2.05, 4.69) is 45.1 Å². The summed E-state index contributed by atoms with van der Waals surface area (Å²) in [5.41, 5.74) is 0. The molecule has 1 heterocycles. The summed E-state index contributed by atoms with van der Waals surface area (Å²) in [5, 5.41) is 7.13. The summed E-state index contributed by atoms with van der Waals surface area (Å²) in [4.78, 5) is 14.2. The molecule has 0 saturated carbocycles. The van der Waals surface area contributed by atoms with Gasteiger partial charge in [-0.15, -0.1) is 0 Å². The van der Waals surface area contributed by atoms with E-state index in [9.17, 15) is 4.79 Å². The van der Waals surface area contributed by atoms with Crippen LogP contribution < -0.4 is 5.32 Å². The largest absolute Gasteiger partial charge is 0.355 e. The first-order valence-corrected chi connectivity index (χ1v) is 7.54. The first-order chi connectivity index (χ1) is 9.06. The van der Waals surface area contributed by atoms with Crippen molar-refractivity contribution in [1.29, 1.82) is 0 Å². The minimum atomic E-state index is -0.0801. The Morgan fingerprint density at radius 3 is 2.74 bits per heavy atom. The molecular formula is C13H23BrN4O. The lowest BCUT2D eigenvalue weighted by molar-refractivity contribution is -0.125. The number of carbonyl (C=O) groups is 1. The average molecular weight is 331 g/mol. The highest BCUT2D eigenvalue weighted by molar-refractivity contribution is 9.10. The molecule has 0 spiro atoms. The van der Waals surface area contributed by atoms with E-state index in [0.29, 0.717) is 13.1 Å². The first-order valence-electron chi connectivity index (χ1n) is 6.74. The zero-order valence-corrected chi connectivity index (χ0v) is 13.5. The maximum Gasteiger partial charge on any atom is 0.224 e. The molecule has 0 fully saturated rings. The van der Waals surface area contributed by atoms with E-state index in [1.165, 1.54) is 0 Å². The van der Waals surface area contributed by atoms with E-state index in [1.54, 1.807) is 10.9 Å². The summed E-state index contributed by atoms with van der Waals surface area (Å²) in [6, 6.07) is 0. The fourth-order valence-electron chi connectivity index (χ4n) is 1.85. The second-order valence-corrected chi connectivity index (χ2v) is 5.52. The van der Waals surface area contributed by atoms with Gasteiger partial charge < -0.3 is 10.2 Å².